The number of hydrogen-bond donors (Lipinski definition) is 2. The molecule has 7 heteroatoms. The van der Waals surface area contributed by atoms with Crippen LogP contribution in [0.2, 0.25) is 5.02 Å². The molecule has 3 nitrogen and oxygen atoms in total. The van der Waals surface area contributed by atoms with Gasteiger partial charge in [0.1, 0.15) is 11.6 Å². The van der Waals surface area contributed by atoms with Gasteiger partial charge in [0.2, 0.25) is 0 Å². The Labute approximate surface area is 118 Å². The van der Waals surface area contributed by atoms with Crippen molar-refractivity contribution in [3.63, 3.8) is 0 Å². The Kier molecular flexibility index (Phi) is 3.76. The second-order valence-corrected chi connectivity index (χ2v) is 4.61. The first-order valence-corrected chi connectivity index (χ1v) is 6.02. The third-order valence-electron chi connectivity index (χ3n) is 2.70. The lowest BCUT2D eigenvalue weighted by Crippen LogP contribution is -2.08. The number of hydrogen-bond acceptors (Lipinski definition) is 3. The molecule has 3 N–H and O–H groups in total. The fraction of sp³-hybridized carbons (Fsp3) is 0.154. The van der Waals surface area contributed by atoms with Gasteiger partial charge < -0.3 is 11.1 Å². The highest BCUT2D eigenvalue weighted by molar-refractivity contribution is 6.31. The summed E-state index contributed by atoms with van der Waals surface area (Å²) >= 11 is 5.95. The number of halogens is 4. The van der Waals surface area contributed by atoms with Crippen LogP contribution in [0, 0.1) is 6.92 Å². The number of rotatable bonds is 2. The van der Waals surface area contributed by atoms with Crippen LogP contribution in [0.3, 0.4) is 0 Å². The quantitative estimate of drug-likeness (QED) is 0.865. The van der Waals surface area contributed by atoms with Crippen LogP contribution in [0.5, 0.6) is 0 Å². The minimum atomic E-state index is -4.48. The van der Waals surface area contributed by atoms with E-state index in [9.17, 15) is 13.2 Å². The number of aromatic nitrogens is 1. The molecule has 0 aliphatic heterocycles. The molecule has 20 heavy (non-hydrogen) atoms. The third kappa shape index (κ3) is 3.14. The number of nitrogens with zero attached hydrogens (tertiary/aromatic N) is 1. The van der Waals surface area contributed by atoms with Crippen molar-refractivity contribution >= 4 is 28.9 Å². The monoisotopic (exact) mass is 301 g/mol. The van der Waals surface area contributed by atoms with Gasteiger partial charge in [-0.3, -0.25) is 0 Å². The Balaban J connectivity index is 2.39. The summed E-state index contributed by atoms with van der Waals surface area (Å²) in [5, 5.41) is 3.30. The molecule has 0 fully saturated rings. The Morgan fingerprint density at radius 1 is 1.25 bits per heavy atom. The maximum Gasteiger partial charge on any atom is 0.416 e. The van der Waals surface area contributed by atoms with Crippen molar-refractivity contribution in [3.05, 3.63) is 46.5 Å². The fourth-order valence-electron chi connectivity index (χ4n) is 1.66. The first-order chi connectivity index (χ1) is 9.27. The van der Waals surface area contributed by atoms with Gasteiger partial charge in [0.25, 0.3) is 0 Å². The Morgan fingerprint density at radius 3 is 2.60 bits per heavy atom. The zero-order chi connectivity index (χ0) is 14.9. The van der Waals surface area contributed by atoms with Crippen LogP contribution >= 0.6 is 11.6 Å². The van der Waals surface area contributed by atoms with E-state index in [4.69, 9.17) is 17.3 Å². The molecule has 0 radical (unpaired) electrons. The zero-order valence-corrected chi connectivity index (χ0v) is 11.2. The van der Waals surface area contributed by atoms with E-state index in [-0.39, 0.29) is 11.6 Å². The highest BCUT2D eigenvalue weighted by atomic mass is 35.5. The summed E-state index contributed by atoms with van der Waals surface area (Å²) < 4.78 is 38.1. The summed E-state index contributed by atoms with van der Waals surface area (Å²) in [5.74, 6) is -0.190. The van der Waals surface area contributed by atoms with Gasteiger partial charge in [-0.1, -0.05) is 17.7 Å². The normalized spacial score (nSPS) is 11.4. The van der Waals surface area contributed by atoms with Crippen molar-refractivity contribution in [2.75, 3.05) is 11.1 Å². The van der Waals surface area contributed by atoms with Gasteiger partial charge in [-0.25, -0.2) is 4.98 Å². The molecule has 0 saturated heterocycles. The first kappa shape index (κ1) is 14.5. The Hall–Kier alpha value is -1.95. The van der Waals surface area contributed by atoms with Crippen molar-refractivity contribution in [1.82, 2.24) is 4.98 Å². The number of pyridine rings is 1. The molecule has 106 valence electrons. The van der Waals surface area contributed by atoms with Gasteiger partial charge in [-0.15, -0.1) is 0 Å². The van der Waals surface area contributed by atoms with Crippen LogP contribution in [0.4, 0.5) is 30.5 Å². The number of nitrogens with two attached hydrogens (primary N) is 1. The third-order valence-corrected chi connectivity index (χ3v) is 3.11. The summed E-state index contributed by atoms with van der Waals surface area (Å²) in [5.41, 5.74) is 5.83. The topological polar surface area (TPSA) is 50.9 Å². The number of nitrogen functional groups attached to an aromatic ring is 1. The van der Waals surface area contributed by atoms with Crippen LogP contribution in [0.1, 0.15) is 11.1 Å². The predicted molar refractivity (Wildman–Crippen MR) is 73.1 cm³/mol. The van der Waals surface area contributed by atoms with E-state index < -0.39 is 11.7 Å². The SMILES string of the molecule is Cc1c(Cl)cccc1Nc1cc(C(F)(F)F)cc(N)n1. The van der Waals surface area contributed by atoms with E-state index in [1.807, 2.05) is 0 Å². The molecule has 0 unspecified atom stereocenters. The summed E-state index contributed by atoms with van der Waals surface area (Å²) in [6.07, 6.45) is -4.48. The van der Waals surface area contributed by atoms with Crippen LogP contribution in [0.25, 0.3) is 0 Å². The maximum absolute atomic E-state index is 12.7. The lowest BCUT2D eigenvalue weighted by molar-refractivity contribution is -0.137. The van der Waals surface area contributed by atoms with E-state index in [0.717, 1.165) is 12.1 Å². The zero-order valence-electron chi connectivity index (χ0n) is 10.4. The van der Waals surface area contributed by atoms with Crippen LogP contribution in [-0.2, 0) is 6.18 Å². The van der Waals surface area contributed by atoms with Crippen LogP contribution in [0.15, 0.2) is 30.3 Å². The molecular formula is C13H11ClF3N3. The average Bonchev–Trinajstić information content (AvgIpc) is 2.33. The van der Waals surface area contributed by atoms with Crippen molar-refractivity contribution in [3.8, 4) is 0 Å². The highest BCUT2D eigenvalue weighted by Crippen LogP contribution is 2.33. The number of nitrogens with one attached hydrogen (secondary N) is 1. The molecule has 1 aromatic carbocycles. The molecule has 0 aliphatic rings. The average molecular weight is 302 g/mol. The molecular weight excluding hydrogens is 291 g/mol. The molecule has 1 heterocycles. The van der Waals surface area contributed by atoms with Gasteiger partial charge >= 0.3 is 6.18 Å². The van der Waals surface area contributed by atoms with Gasteiger partial charge in [0, 0.05) is 10.7 Å². The van der Waals surface area contributed by atoms with E-state index in [1.54, 1.807) is 25.1 Å². The lowest BCUT2D eigenvalue weighted by Gasteiger charge is -2.13. The summed E-state index contributed by atoms with van der Waals surface area (Å²) in [7, 11) is 0. The molecule has 0 aliphatic carbocycles. The lowest BCUT2D eigenvalue weighted by atomic mass is 10.2. The standard InChI is InChI=1S/C13H11ClF3N3/c1-7-9(14)3-2-4-10(7)19-12-6-8(13(15,16)17)5-11(18)20-12/h2-6H,1H3,(H3,18,19,20). The van der Waals surface area contributed by atoms with E-state index in [2.05, 4.69) is 10.3 Å². The summed E-state index contributed by atoms with van der Waals surface area (Å²) in [6.45, 7) is 1.75. The number of benzene rings is 1. The number of alkyl halides is 3. The molecule has 0 amide bonds. The van der Waals surface area contributed by atoms with Gasteiger partial charge in [0.15, 0.2) is 0 Å². The van der Waals surface area contributed by atoms with Crippen molar-refractivity contribution in [2.45, 2.75) is 13.1 Å². The second kappa shape index (κ2) is 5.20. The maximum atomic E-state index is 12.7. The van der Waals surface area contributed by atoms with Gasteiger partial charge in [-0.05, 0) is 36.8 Å². The van der Waals surface area contributed by atoms with Crippen molar-refractivity contribution in [1.29, 1.82) is 0 Å². The minimum absolute atomic E-state index is 0.0164. The Bertz CT molecular complexity index is 641. The van der Waals surface area contributed by atoms with Gasteiger partial charge in [0.05, 0.1) is 5.56 Å². The molecule has 2 aromatic rings. The molecule has 0 bridgehead atoms. The molecule has 2 rings (SSSR count). The van der Waals surface area contributed by atoms with Crippen LogP contribution < -0.4 is 11.1 Å². The fourth-order valence-corrected chi connectivity index (χ4v) is 1.84. The van der Waals surface area contributed by atoms with Gasteiger partial charge in [-0.2, -0.15) is 13.2 Å². The van der Waals surface area contributed by atoms with Crippen molar-refractivity contribution < 1.29 is 13.2 Å². The van der Waals surface area contributed by atoms with Crippen LogP contribution in [-0.4, -0.2) is 4.98 Å². The number of anilines is 3. The Morgan fingerprint density at radius 2 is 1.95 bits per heavy atom. The molecule has 0 atom stereocenters. The smallest absolute Gasteiger partial charge is 0.384 e. The van der Waals surface area contributed by atoms with Crippen molar-refractivity contribution in [2.24, 2.45) is 0 Å². The molecule has 0 spiro atoms. The van der Waals surface area contributed by atoms with E-state index >= 15 is 0 Å². The minimum Gasteiger partial charge on any atom is -0.384 e. The highest BCUT2D eigenvalue weighted by Gasteiger charge is 2.31. The van der Waals surface area contributed by atoms with E-state index in [1.165, 1.54) is 0 Å². The molecule has 1 aromatic heterocycles. The van der Waals surface area contributed by atoms with E-state index in [0.29, 0.717) is 16.3 Å². The molecule has 0 saturated carbocycles. The summed E-state index contributed by atoms with van der Waals surface area (Å²) in [6, 6.07) is 6.76. The first-order valence-electron chi connectivity index (χ1n) is 5.64. The summed E-state index contributed by atoms with van der Waals surface area (Å²) in [4.78, 5) is 3.84. The largest absolute Gasteiger partial charge is 0.416 e. The second-order valence-electron chi connectivity index (χ2n) is 4.20. The predicted octanol–water partition coefficient (Wildman–Crippen LogP) is 4.39.